The van der Waals surface area contributed by atoms with Gasteiger partial charge >= 0.3 is 0 Å². The zero-order valence-electron chi connectivity index (χ0n) is 8.88. The lowest BCUT2D eigenvalue weighted by molar-refractivity contribution is 1.10. The molecule has 0 saturated heterocycles. The molecule has 2 aromatic rings. The summed E-state index contributed by atoms with van der Waals surface area (Å²) in [4.78, 5) is 0. The highest BCUT2D eigenvalue weighted by molar-refractivity contribution is 5.73. The van der Waals surface area contributed by atoms with E-state index in [1.807, 2.05) is 30.3 Å². The Balaban J connectivity index is 2.78. The molecule has 0 atom stereocenters. The molecule has 0 fully saturated rings. The Labute approximate surface area is 98.1 Å². The molecule has 5 heteroatoms. The minimum Gasteiger partial charge on any atom is -0.384 e. The van der Waals surface area contributed by atoms with E-state index in [1.54, 1.807) is 12.1 Å². The van der Waals surface area contributed by atoms with Gasteiger partial charge in [0.15, 0.2) is 0 Å². The van der Waals surface area contributed by atoms with Gasteiger partial charge in [-0.3, -0.25) is 4.57 Å². The third-order valence-electron chi connectivity index (χ3n) is 2.48. The lowest BCUT2D eigenvalue weighted by atomic mass is 10.2. The van der Waals surface area contributed by atoms with E-state index < -0.39 is 0 Å². The van der Waals surface area contributed by atoms with Crippen LogP contribution in [0.5, 0.6) is 0 Å². The molecule has 82 valence electrons. The van der Waals surface area contributed by atoms with Crippen LogP contribution < -0.4 is 11.5 Å². The van der Waals surface area contributed by atoms with Crippen LogP contribution in [0, 0.1) is 22.7 Å². The van der Waals surface area contributed by atoms with Gasteiger partial charge in [0.25, 0.3) is 0 Å². The minimum absolute atomic E-state index is 0.119. The fourth-order valence-electron chi connectivity index (χ4n) is 1.69. The van der Waals surface area contributed by atoms with E-state index >= 15 is 0 Å². The zero-order valence-corrected chi connectivity index (χ0v) is 8.88. The molecule has 0 unspecified atom stereocenters. The molecule has 0 aliphatic carbocycles. The number of para-hydroxylation sites is 1. The quantitative estimate of drug-likeness (QED) is 0.761. The molecule has 0 aliphatic rings. The molecule has 17 heavy (non-hydrogen) atoms. The van der Waals surface area contributed by atoms with Crippen molar-refractivity contribution in [2.45, 2.75) is 0 Å². The van der Waals surface area contributed by atoms with E-state index in [0.29, 0.717) is 0 Å². The second kappa shape index (κ2) is 3.92. The normalized spacial score (nSPS) is 9.53. The molecule has 0 aliphatic heterocycles. The van der Waals surface area contributed by atoms with Crippen LogP contribution in [-0.2, 0) is 0 Å². The first-order chi connectivity index (χ1) is 8.20. The fourth-order valence-corrected chi connectivity index (χ4v) is 1.69. The fraction of sp³-hybridized carbons (Fsp3) is 0. The standard InChI is InChI=1S/C12H9N5/c13-6-9-10(7-14)12(16)17(11(9)15)8-4-2-1-3-5-8/h1-5H,15-16H2. The van der Waals surface area contributed by atoms with Crippen molar-refractivity contribution in [1.29, 1.82) is 10.5 Å². The summed E-state index contributed by atoms with van der Waals surface area (Å²) in [6.07, 6.45) is 0. The van der Waals surface area contributed by atoms with Gasteiger partial charge in [0.05, 0.1) is 0 Å². The maximum Gasteiger partial charge on any atom is 0.129 e. The molecule has 0 bridgehead atoms. The second-order valence-electron chi connectivity index (χ2n) is 3.42. The first-order valence-electron chi connectivity index (χ1n) is 4.86. The zero-order chi connectivity index (χ0) is 12.4. The van der Waals surface area contributed by atoms with Gasteiger partial charge in [-0.1, -0.05) is 18.2 Å². The molecule has 0 spiro atoms. The molecule has 0 amide bonds. The number of hydrogen-bond donors (Lipinski definition) is 2. The number of anilines is 2. The molecule has 1 aromatic heterocycles. The monoisotopic (exact) mass is 223 g/mol. The van der Waals surface area contributed by atoms with Crippen molar-refractivity contribution in [3.05, 3.63) is 41.5 Å². The van der Waals surface area contributed by atoms with E-state index in [2.05, 4.69) is 0 Å². The van der Waals surface area contributed by atoms with Crippen LogP contribution in [0.2, 0.25) is 0 Å². The van der Waals surface area contributed by atoms with Crippen LogP contribution >= 0.6 is 0 Å². The third kappa shape index (κ3) is 1.47. The van der Waals surface area contributed by atoms with Gasteiger partial charge in [-0.15, -0.1) is 0 Å². The second-order valence-corrected chi connectivity index (χ2v) is 3.42. The van der Waals surface area contributed by atoms with Crippen molar-refractivity contribution in [1.82, 2.24) is 4.57 Å². The van der Waals surface area contributed by atoms with Gasteiger partial charge in [-0.05, 0) is 12.1 Å². The lowest BCUT2D eigenvalue weighted by Gasteiger charge is -2.07. The Bertz CT molecular complexity index is 603. The molecule has 5 nitrogen and oxygen atoms in total. The molecule has 1 heterocycles. The molecular formula is C12H9N5. The maximum absolute atomic E-state index is 8.97. The smallest absolute Gasteiger partial charge is 0.129 e. The summed E-state index contributed by atoms with van der Waals surface area (Å²) in [5, 5.41) is 17.9. The van der Waals surface area contributed by atoms with E-state index in [0.717, 1.165) is 5.69 Å². The van der Waals surface area contributed by atoms with Crippen LogP contribution in [0.3, 0.4) is 0 Å². The van der Waals surface area contributed by atoms with Gasteiger partial charge in [-0.25, -0.2) is 0 Å². The van der Waals surface area contributed by atoms with Crippen molar-refractivity contribution in [3.63, 3.8) is 0 Å². The minimum atomic E-state index is 0.119. The molecular weight excluding hydrogens is 214 g/mol. The summed E-state index contributed by atoms with van der Waals surface area (Å²) in [6, 6.07) is 12.9. The van der Waals surface area contributed by atoms with Crippen LogP contribution in [0.25, 0.3) is 5.69 Å². The van der Waals surface area contributed by atoms with Gasteiger partial charge in [-0.2, -0.15) is 10.5 Å². The van der Waals surface area contributed by atoms with Crippen LogP contribution in [0.4, 0.5) is 11.6 Å². The number of rotatable bonds is 1. The van der Waals surface area contributed by atoms with Gasteiger partial charge in [0.2, 0.25) is 0 Å². The van der Waals surface area contributed by atoms with Crippen LogP contribution in [0.15, 0.2) is 30.3 Å². The van der Waals surface area contributed by atoms with Crippen molar-refractivity contribution in [2.75, 3.05) is 11.5 Å². The van der Waals surface area contributed by atoms with E-state index in [-0.39, 0.29) is 22.8 Å². The first-order valence-corrected chi connectivity index (χ1v) is 4.86. The Morgan fingerprint density at radius 2 is 1.35 bits per heavy atom. The Hall–Kier alpha value is -2.92. The number of nitrogens with two attached hydrogens (primary N) is 2. The summed E-state index contributed by atoms with van der Waals surface area (Å²) in [5.74, 6) is 0.375. The van der Waals surface area contributed by atoms with Gasteiger partial charge in [0.1, 0.15) is 34.9 Å². The van der Waals surface area contributed by atoms with Crippen LogP contribution in [0.1, 0.15) is 11.1 Å². The number of aromatic nitrogens is 1. The lowest BCUT2D eigenvalue weighted by Crippen LogP contribution is -2.04. The molecule has 0 saturated carbocycles. The highest BCUT2D eigenvalue weighted by Gasteiger charge is 2.19. The molecule has 0 radical (unpaired) electrons. The molecule has 2 rings (SSSR count). The summed E-state index contributed by atoms with van der Waals surface area (Å²) in [5.41, 5.74) is 12.6. The molecule has 1 aromatic carbocycles. The van der Waals surface area contributed by atoms with E-state index in [9.17, 15) is 0 Å². The average molecular weight is 223 g/mol. The SMILES string of the molecule is N#Cc1c(C#N)c(N)n(-c2ccccc2)c1N. The summed E-state index contributed by atoms with van der Waals surface area (Å²) >= 11 is 0. The maximum atomic E-state index is 8.97. The Morgan fingerprint density at radius 3 is 1.76 bits per heavy atom. The van der Waals surface area contributed by atoms with Crippen molar-refractivity contribution < 1.29 is 0 Å². The van der Waals surface area contributed by atoms with Crippen molar-refractivity contribution >= 4 is 11.6 Å². The summed E-state index contributed by atoms with van der Waals surface area (Å²) < 4.78 is 1.50. The van der Waals surface area contributed by atoms with Crippen molar-refractivity contribution in [2.24, 2.45) is 0 Å². The predicted octanol–water partition coefficient (Wildman–Crippen LogP) is 1.39. The predicted molar refractivity (Wildman–Crippen MR) is 64.0 cm³/mol. The Kier molecular flexibility index (Phi) is 2.44. The summed E-state index contributed by atoms with van der Waals surface area (Å²) in [7, 11) is 0. The van der Waals surface area contributed by atoms with Crippen LogP contribution in [-0.4, -0.2) is 4.57 Å². The molecule has 4 N–H and O–H groups in total. The van der Waals surface area contributed by atoms with Crippen molar-refractivity contribution in [3.8, 4) is 17.8 Å². The summed E-state index contributed by atoms with van der Waals surface area (Å²) in [6.45, 7) is 0. The number of nitrogens with zero attached hydrogens (tertiary/aromatic N) is 3. The van der Waals surface area contributed by atoms with Gasteiger partial charge < -0.3 is 11.5 Å². The number of nitriles is 2. The van der Waals surface area contributed by atoms with Gasteiger partial charge in [0, 0.05) is 5.69 Å². The van der Waals surface area contributed by atoms with E-state index in [4.69, 9.17) is 22.0 Å². The number of hydrogen-bond acceptors (Lipinski definition) is 4. The topological polar surface area (TPSA) is 105 Å². The highest BCUT2D eigenvalue weighted by Crippen LogP contribution is 2.29. The van der Waals surface area contributed by atoms with E-state index in [1.165, 1.54) is 4.57 Å². The first kappa shape index (κ1) is 10.6. The Morgan fingerprint density at radius 1 is 0.882 bits per heavy atom. The number of nitrogen functional groups attached to an aromatic ring is 2. The average Bonchev–Trinajstić information content (AvgIpc) is 2.60. The third-order valence-corrected chi connectivity index (χ3v) is 2.48. The number of benzene rings is 1. The largest absolute Gasteiger partial charge is 0.384 e. The highest BCUT2D eigenvalue weighted by atomic mass is 15.1.